The molecule has 0 aromatic heterocycles. The standard InChI is InChI=1S/C16H16ClNO2/c1-12-2-4-13(5-3-12)11-20-15-8-6-14(7-9-15)18-16(19)10-17/h2-9H,10-11H2,1H3,(H,18,19). The quantitative estimate of drug-likeness (QED) is 0.851. The topological polar surface area (TPSA) is 38.3 Å². The van der Waals surface area contributed by atoms with Crippen LogP contribution in [0, 0.1) is 6.92 Å². The number of carbonyl (C=O) groups is 1. The van der Waals surface area contributed by atoms with Crippen LogP contribution in [0.15, 0.2) is 48.5 Å². The smallest absolute Gasteiger partial charge is 0.239 e. The average molecular weight is 290 g/mol. The van der Waals surface area contributed by atoms with Gasteiger partial charge in [-0.1, -0.05) is 29.8 Å². The molecule has 3 nitrogen and oxygen atoms in total. The van der Waals surface area contributed by atoms with E-state index < -0.39 is 0 Å². The van der Waals surface area contributed by atoms with Gasteiger partial charge >= 0.3 is 0 Å². The van der Waals surface area contributed by atoms with Gasteiger partial charge in [0.05, 0.1) is 0 Å². The minimum Gasteiger partial charge on any atom is -0.489 e. The number of hydrogen-bond donors (Lipinski definition) is 1. The SMILES string of the molecule is Cc1ccc(COc2ccc(NC(=O)CCl)cc2)cc1. The third kappa shape index (κ3) is 4.28. The van der Waals surface area contributed by atoms with Crippen LogP contribution in [0.4, 0.5) is 5.69 Å². The lowest BCUT2D eigenvalue weighted by Crippen LogP contribution is -2.12. The zero-order valence-corrected chi connectivity index (χ0v) is 12.0. The summed E-state index contributed by atoms with van der Waals surface area (Å²) in [5.74, 6) is 0.487. The highest BCUT2D eigenvalue weighted by Crippen LogP contribution is 2.17. The van der Waals surface area contributed by atoms with E-state index in [0.717, 1.165) is 11.3 Å². The summed E-state index contributed by atoms with van der Waals surface area (Å²) in [6.45, 7) is 2.58. The molecule has 104 valence electrons. The van der Waals surface area contributed by atoms with Crippen LogP contribution in [0.1, 0.15) is 11.1 Å². The maximum absolute atomic E-state index is 11.1. The summed E-state index contributed by atoms with van der Waals surface area (Å²) in [5, 5.41) is 2.67. The van der Waals surface area contributed by atoms with E-state index in [0.29, 0.717) is 12.3 Å². The molecule has 4 heteroatoms. The van der Waals surface area contributed by atoms with Gasteiger partial charge in [-0.05, 0) is 36.8 Å². The zero-order valence-electron chi connectivity index (χ0n) is 11.2. The second kappa shape index (κ2) is 6.96. The van der Waals surface area contributed by atoms with Gasteiger partial charge in [0.25, 0.3) is 0 Å². The Kier molecular flexibility index (Phi) is 5.02. The minimum absolute atomic E-state index is 0.0499. The molecule has 0 saturated heterocycles. The summed E-state index contributed by atoms with van der Waals surface area (Å²) in [5.41, 5.74) is 3.06. The maximum atomic E-state index is 11.1. The summed E-state index contributed by atoms with van der Waals surface area (Å²) in [6.07, 6.45) is 0. The van der Waals surface area contributed by atoms with Crippen molar-refractivity contribution in [2.24, 2.45) is 0 Å². The Balaban J connectivity index is 1.90. The molecule has 0 radical (unpaired) electrons. The summed E-state index contributed by atoms with van der Waals surface area (Å²) in [6, 6.07) is 15.4. The van der Waals surface area contributed by atoms with Gasteiger partial charge in [-0.25, -0.2) is 0 Å². The van der Waals surface area contributed by atoms with Crippen molar-refractivity contribution in [3.05, 3.63) is 59.7 Å². The Bertz CT molecular complexity index is 564. The number of anilines is 1. The number of aryl methyl sites for hydroxylation is 1. The van der Waals surface area contributed by atoms with Gasteiger partial charge in [0.15, 0.2) is 0 Å². The average Bonchev–Trinajstić information content (AvgIpc) is 2.48. The molecule has 0 heterocycles. The van der Waals surface area contributed by atoms with Gasteiger partial charge in [0.2, 0.25) is 5.91 Å². The molecule has 0 atom stereocenters. The highest BCUT2D eigenvalue weighted by atomic mass is 35.5. The molecule has 0 aliphatic heterocycles. The zero-order chi connectivity index (χ0) is 14.4. The number of hydrogen-bond acceptors (Lipinski definition) is 2. The van der Waals surface area contributed by atoms with Crippen molar-refractivity contribution < 1.29 is 9.53 Å². The first kappa shape index (κ1) is 14.4. The molecule has 1 N–H and O–H groups in total. The number of amides is 1. The van der Waals surface area contributed by atoms with Crippen LogP contribution < -0.4 is 10.1 Å². The Labute approximate surface area is 123 Å². The molecular weight excluding hydrogens is 274 g/mol. The molecule has 0 unspecified atom stereocenters. The van der Waals surface area contributed by atoms with Crippen LogP contribution in [-0.4, -0.2) is 11.8 Å². The van der Waals surface area contributed by atoms with Gasteiger partial charge in [-0.3, -0.25) is 4.79 Å². The molecule has 2 aromatic rings. The molecule has 0 fully saturated rings. The van der Waals surface area contributed by atoms with E-state index in [1.807, 2.05) is 24.3 Å². The lowest BCUT2D eigenvalue weighted by atomic mass is 10.2. The largest absolute Gasteiger partial charge is 0.489 e. The molecule has 2 aromatic carbocycles. The molecule has 0 aliphatic rings. The van der Waals surface area contributed by atoms with Gasteiger partial charge in [-0.2, -0.15) is 0 Å². The maximum Gasteiger partial charge on any atom is 0.239 e. The van der Waals surface area contributed by atoms with Crippen molar-refractivity contribution >= 4 is 23.2 Å². The van der Waals surface area contributed by atoms with Crippen LogP contribution in [-0.2, 0) is 11.4 Å². The van der Waals surface area contributed by atoms with E-state index >= 15 is 0 Å². The number of carbonyl (C=O) groups excluding carboxylic acids is 1. The van der Waals surface area contributed by atoms with Crippen molar-refractivity contribution in [2.45, 2.75) is 13.5 Å². The van der Waals surface area contributed by atoms with Gasteiger partial charge in [-0.15, -0.1) is 11.6 Å². The highest BCUT2D eigenvalue weighted by Gasteiger charge is 2.00. The molecule has 20 heavy (non-hydrogen) atoms. The van der Waals surface area contributed by atoms with E-state index in [-0.39, 0.29) is 11.8 Å². The summed E-state index contributed by atoms with van der Waals surface area (Å²) in [4.78, 5) is 11.1. The molecule has 2 rings (SSSR count). The lowest BCUT2D eigenvalue weighted by molar-refractivity contribution is -0.113. The minimum atomic E-state index is -0.222. The van der Waals surface area contributed by atoms with Crippen LogP contribution >= 0.6 is 11.6 Å². The molecule has 1 amide bonds. The van der Waals surface area contributed by atoms with Crippen molar-refractivity contribution in [3.63, 3.8) is 0 Å². The van der Waals surface area contributed by atoms with Crippen molar-refractivity contribution in [3.8, 4) is 5.75 Å². The number of rotatable bonds is 5. The molecule has 0 aliphatic carbocycles. The normalized spacial score (nSPS) is 10.1. The number of halogens is 1. The van der Waals surface area contributed by atoms with E-state index in [4.69, 9.17) is 16.3 Å². The Morgan fingerprint density at radius 1 is 1.10 bits per heavy atom. The number of benzene rings is 2. The molecular formula is C16H16ClNO2. The first-order chi connectivity index (χ1) is 9.67. The summed E-state index contributed by atoms with van der Waals surface area (Å²) in [7, 11) is 0. The van der Waals surface area contributed by atoms with Gasteiger partial charge < -0.3 is 10.1 Å². The fraction of sp³-hybridized carbons (Fsp3) is 0.188. The summed E-state index contributed by atoms with van der Waals surface area (Å²) < 4.78 is 5.68. The lowest BCUT2D eigenvalue weighted by Gasteiger charge is -2.08. The fourth-order valence-corrected chi connectivity index (χ4v) is 1.75. The molecule has 0 bridgehead atoms. The third-order valence-corrected chi connectivity index (χ3v) is 3.03. The Morgan fingerprint density at radius 2 is 1.75 bits per heavy atom. The highest BCUT2D eigenvalue weighted by molar-refractivity contribution is 6.29. The van der Waals surface area contributed by atoms with Gasteiger partial charge in [0.1, 0.15) is 18.2 Å². The first-order valence-corrected chi connectivity index (χ1v) is 6.85. The summed E-state index contributed by atoms with van der Waals surface area (Å²) >= 11 is 5.43. The van der Waals surface area contributed by atoms with Crippen LogP contribution in [0.3, 0.4) is 0 Å². The number of alkyl halides is 1. The number of ether oxygens (including phenoxy) is 1. The number of nitrogens with one attached hydrogen (secondary N) is 1. The second-order valence-electron chi connectivity index (χ2n) is 4.48. The Hall–Kier alpha value is -2.00. The first-order valence-electron chi connectivity index (χ1n) is 6.31. The van der Waals surface area contributed by atoms with Crippen molar-refractivity contribution in [1.29, 1.82) is 0 Å². The predicted molar refractivity (Wildman–Crippen MR) is 81.3 cm³/mol. The van der Waals surface area contributed by atoms with Gasteiger partial charge in [0, 0.05) is 5.69 Å². The fourth-order valence-electron chi connectivity index (χ4n) is 1.68. The van der Waals surface area contributed by atoms with Crippen LogP contribution in [0.5, 0.6) is 5.75 Å². The second-order valence-corrected chi connectivity index (χ2v) is 4.75. The van der Waals surface area contributed by atoms with E-state index in [1.54, 1.807) is 12.1 Å². The van der Waals surface area contributed by atoms with Crippen LogP contribution in [0.2, 0.25) is 0 Å². The van der Waals surface area contributed by atoms with E-state index in [9.17, 15) is 4.79 Å². The van der Waals surface area contributed by atoms with Crippen molar-refractivity contribution in [1.82, 2.24) is 0 Å². The predicted octanol–water partition coefficient (Wildman–Crippen LogP) is 3.75. The van der Waals surface area contributed by atoms with E-state index in [2.05, 4.69) is 24.4 Å². The van der Waals surface area contributed by atoms with Crippen LogP contribution in [0.25, 0.3) is 0 Å². The third-order valence-electron chi connectivity index (χ3n) is 2.79. The van der Waals surface area contributed by atoms with E-state index in [1.165, 1.54) is 5.56 Å². The van der Waals surface area contributed by atoms with Crippen molar-refractivity contribution in [2.75, 3.05) is 11.2 Å². The Morgan fingerprint density at radius 3 is 2.35 bits per heavy atom. The molecule has 0 saturated carbocycles. The molecule has 0 spiro atoms. The monoisotopic (exact) mass is 289 g/mol.